The van der Waals surface area contributed by atoms with E-state index in [1.54, 1.807) is 11.0 Å². The minimum atomic E-state index is -0.821. The molecule has 120 valence electrons. The summed E-state index contributed by atoms with van der Waals surface area (Å²) in [6, 6.07) is 5.46. The largest absolute Gasteiger partial charge is 0.481 e. The number of hydrogen-bond donors (Lipinski definition) is 1. The molecule has 4 nitrogen and oxygen atoms in total. The first-order valence-corrected chi connectivity index (χ1v) is 8.08. The van der Waals surface area contributed by atoms with E-state index in [9.17, 15) is 9.59 Å². The van der Waals surface area contributed by atoms with Crippen LogP contribution in [-0.4, -0.2) is 35.0 Å². The van der Waals surface area contributed by atoms with Crippen molar-refractivity contribution < 1.29 is 14.7 Å². The molecule has 0 spiro atoms. The van der Waals surface area contributed by atoms with Gasteiger partial charge in [-0.2, -0.15) is 0 Å². The number of aliphatic carboxylic acids is 1. The Balaban J connectivity index is 1.81. The van der Waals surface area contributed by atoms with Gasteiger partial charge in [-0.05, 0) is 36.5 Å². The number of amides is 1. The maximum Gasteiger partial charge on any atom is 0.308 e. The maximum atomic E-state index is 12.2. The molecule has 0 bridgehead atoms. The Morgan fingerprint density at radius 3 is 2.59 bits per heavy atom. The molecule has 1 heterocycles. The summed E-state index contributed by atoms with van der Waals surface area (Å²) in [5, 5.41) is 10.1. The van der Waals surface area contributed by atoms with Crippen LogP contribution in [-0.2, 0) is 16.0 Å². The number of benzene rings is 1. The predicted octanol–water partition coefficient (Wildman–Crippen LogP) is 3.50. The van der Waals surface area contributed by atoms with Gasteiger partial charge in [0.05, 0.1) is 16.0 Å². The van der Waals surface area contributed by atoms with Gasteiger partial charge in [0.25, 0.3) is 0 Å². The number of carbonyl (C=O) groups excluding carboxylic acids is 1. The van der Waals surface area contributed by atoms with Crippen LogP contribution in [0.15, 0.2) is 18.2 Å². The molecule has 1 saturated heterocycles. The van der Waals surface area contributed by atoms with Gasteiger partial charge in [0.2, 0.25) is 5.91 Å². The molecule has 1 aliphatic rings. The Bertz CT molecular complexity index is 577. The van der Waals surface area contributed by atoms with Crippen LogP contribution in [0.2, 0.25) is 10.0 Å². The summed E-state index contributed by atoms with van der Waals surface area (Å²) in [5.41, 5.74) is 1.04. The Hall–Kier alpha value is -1.26. The molecule has 0 unspecified atom stereocenters. The van der Waals surface area contributed by atoms with Gasteiger partial charge < -0.3 is 10.0 Å². The zero-order valence-electron chi connectivity index (χ0n) is 12.4. The van der Waals surface area contributed by atoms with E-state index in [0.29, 0.717) is 36.0 Å². The number of aryl methyl sites for hydroxylation is 1. The summed E-state index contributed by atoms with van der Waals surface area (Å²) in [6.45, 7) is 2.73. The molecular formula is C16H19Cl2NO3. The molecule has 22 heavy (non-hydrogen) atoms. The highest BCUT2D eigenvalue weighted by atomic mass is 35.5. The summed E-state index contributed by atoms with van der Waals surface area (Å²) in [4.78, 5) is 24.9. The van der Waals surface area contributed by atoms with E-state index in [1.165, 1.54) is 0 Å². The molecule has 2 atom stereocenters. The van der Waals surface area contributed by atoms with Crippen LogP contribution in [0.3, 0.4) is 0 Å². The predicted molar refractivity (Wildman–Crippen MR) is 86.3 cm³/mol. The average Bonchev–Trinajstić information content (AvgIpc) is 2.85. The SMILES string of the molecule is C[C@@H]1CN(C(=O)CCCc2ccc(Cl)c(Cl)c2)C[C@H]1C(=O)O. The lowest BCUT2D eigenvalue weighted by atomic mass is 9.99. The molecule has 1 aromatic rings. The van der Waals surface area contributed by atoms with Crippen molar-refractivity contribution in [2.45, 2.75) is 26.2 Å². The number of hydrogen-bond acceptors (Lipinski definition) is 2. The second kappa shape index (κ2) is 7.34. The lowest BCUT2D eigenvalue weighted by Gasteiger charge is -2.15. The maximum absolute atomic E-state index is 12.2. The fourth-order valence-corrected chi connectivity index (χ4v) is 3.11. The number of carboxylic acid groups (broad SMARTS) is 1. The molecule has 1 amide bonds. The molecule has 0 aliphatic carbocycles. The Labute approximate surface area is 140 Å². The highest BCUT2D eigenvalue weighted by Gasteiger charge is 2.36. The molecule has 2 rings (SSSR count). The van der Waals surface area contributed by atoms with Crippen molar-refractivity contribution in [2.24, 2.45) is 11.8 Å². The summed E-state index contributed by atoms with van der Waals surface area (Å²) in [7, 11) is 0. The van der Waals surface area contributed by atoms with Crippen molar-refractivity contribution in [2.75, 3.05) is 13.1 Å². The van der Waals surface area contributed by atoms with Gasteiger partial charge in [0.1, 0.15) is 0 Å². The van der Waals surface area contributed by atoms with Crippen LogP contribution in [0.4, 0.5) is 0 Å². The quantitative estimate of drug-likeness (QED) is 0.890. The molecule has 1 N–H and O–H groups in total. The van der Waals surface area contributed by atoms with Gasteiger partial charge in [0.15, 0.2) is 0 Å². The van der Waals surface area contributed by atoms with Gasteiger partial charge in [-0.25, -0.2) is 0 Å². The number of carboxylic acids is 1. The molecule has 1 aliphatic heterocycles. The van der Waals surface area contributed by atoms with Crippen molar-refractivity contribution in [1.82, 2.24) is 4.90 Å². The summed E-state index contributed by atoms with van der Waals surface area (Å²) in [5.74, 6) is -1.23. The van der Waals surface area contributed by atoms with Crippen LogP contribution in [0, 0.1) is 11.8 Å². The van der Waals surface area contributed by atoms with Crippen LogP contribution in [0.1, 0.15) is 25.3 Å². The van der Waals surface area contributed by atoms with E-state index in [4.69, 9.17) is 28.3 Å². The molecular weight excluding hydrogens is 325 g/mol. The highest BCUT2D eigenvalue weighted by Crippen LogP contribution is 2.25. The third kappa shape index (κ3) is 4.14. The zero-order chi connectivity index (χ0) is 16.3. The highest BCUT2D eigenvalue weighted by molar-refractivity contribution is 6.42. The minimum absolute atomic E-state index is 0.0107. The van der Waals surface area contributed by atoms with E-state index in [2.05, 4.69) is 0 Å². The van der Waals surface area contributed by atoms with Crippen molar-refractivity contribution in [3.8, 4) is 0 Å². The van der Waals surface area contributed by atoms with Crippen molar-refractivity contribution in [3.63, 3.8) is 0 Å². The normalized spacial score (nSPS) is 21.1. The third-order valence-corrected chi connectivity index (χ3v) is 4.86. The van der Waals surface area contributed by atoms with Crippen LogP contribution in [0.25, 0.3) is 0 Å². The van der Waals surface area contributed by atoms with E-state index in [-0.39, 0.29) is 11.8 Å². The molecule has 0 saturated carbocycles. The minimum Gasteiger partial charge on any atom is -0.481 e. The third-order valence-electron chi connectivity index (χ3n) is 4.12. The second-order valence-electron chi connectivity index (χ2n) is 5.82. The van der Waals surface area contributed by atoms with E-state index in [0.717, 1.165) is 12.0 Å². The molecule has 0 aromatic heterocycles. The Kier molecular flexibility index (Phi) is 5.70. The molecule has 0 radical (unpaired) electrons. The first kappa shape index (κ1) is 17.1. The van der Waals surface area contributed by atoms with Crippen molar-refractivity contribution >= 4 is 35.1 Å². The van der Waals surface area contributed by atoms with Gasteiger partial charge in [0, 0.05) is 19.5 Å². The average molecular weight is 344 g/mol. The first-order valence-electron chi connectivity index (χ1n) is 7.33. The van der Waals surface area contributed by atoms with Crippen molar-refractivity contribution in [3.05, 3.63) is 33.8 Å². The second-order valence-corrected chi connectivity index (χ2v) is 6.64. The number of likely N-dealkylation sites (tertiary alicyclic amines) is 1. The summed E-state index contributed by atoms with van der Waals surface area (Å²) < 4.78 is 0. The van der Waals surface area contributed by atoms with Gasteiger partial charge >= 0.3 is 5.97 Å². The smallest absolute Gasteiger partial charge is 0.308 e. The first-order chi connectivity index (χ1) is 10.4. The molecule has 6 heteroatoms. The van der Waals surface area contributed by atoms with Crippen molar-refractivity contribution in [1.29, 1.82) is 0 Å². The van der Waals surface area contributed by atoms with Crippen LogP contribution >= 0.6 is 23.2 Å². The molecule has 1 fully saturated rings. The van der Waals surface area contributed by atoms with E-state index >= 15 is 0 Å². The van der Waals surface area contributed by atoms with Crippen LogP contribution in [0.5, 0.6) is 0 Å². The monoisotopic (exact) mass is 343 g/mol. The van der Waals surface area contributed by atoms with Gasteiger partial charge in [-0.15, -0.1) is 0 Å². The summed E-state index contributed by atoms with van der Waals surface area (Å²) in [6.07, 6.45) is 1.87. The number of rotatable bonds is 5. The molecule has 1 aromatic carbocycles. The van der Waals surface area contributed by atoms with Gasteiger partial charge in [-0.1, -0.05) is 36.2 Å². The number of halogens is 2. The lowest BCUT2D eigenvalue weighted by molar-refractivity contribution is -0.142. The number of nitrogens with zero attached hydrogens (tertiary/aromatic N) is 1. The Morgan fingerprint density at radius 1 is 1.27 bits per heavy atom. The zero-order valence-corrected chi connectivity index (χ0v) is 13.9. The fraction of sp³-hybridized carbons (Fsp3) is 0.500. The summed E-state index contributed by atoms with van der Waals surface area (Å²) >= 11 is 11.8. The number of carbonyl (C=O) groups is 2. The van der Waals surface area contributed by atoms with Crippen LogP contribution < -0.4 is 0 Å². The van der Waals surface area contributed by atoms with Gasteiger partial charge in [-0.3, -0.25) is 9.59 Å². The fourth-order valence-electron chi connectivity index (χ4n) is 2.79. The topological polar surface area (TPSA) is 57.6 Å². The standard InChI is InChI=1S/C16H19Cl2NO3/c1-10-8-19(9-12(10)16(21)22)15(20)4-2-3-11-5-6-13(17)14(18)7-11/h5-7,10,12H,2-4,8-9H2,1H3,(H,21,22)/t10-,12-/m1/s1. The van der Waals surface area contributed by atoms with E-state index in [1.807, 2.05) is 19.1 Å². The van der Waals surface area contributed by atoms with E-state index < -0.39 is 11.9 Å². The lowest BCUT2D eigenvalue weighted by Crippen LogP contribution is -2.29. The Morgan fingerprint density at radius 2 is 2.00 bits per heavy atom.